The summed E-state index contributed by atoms with van der Waals surface area (Å²) in [5.74, 6) is 1.02. The minimum absolute atomic E-state index is 0.0921. The maximum absolute atomic E-state index is 12.7. The number of hydrogen-bond acceptors (Lipinski definition) is 3. The zero-order chi connectivity index (χ0) is 17.8. The van der Waals surface area contributed by atoms with Crippen LogP contribution in [0.15, 0.2) is 0 Å². The van der Waals surface area contributed by atoms with Crippen molar-refractivity contribution >= 4 is 11.8 Å². The average Bonchev–Trinajstić information content (AvgIpc) is 3.28. The lowest BCUT2D eigenvalue weighted by Gasteiger charge is -2.37. The first kappa shape index (κ1) is 18.7. The van der Waals surface area contributed by atoms with Gasteiger partial charge < -0.3 is 10.2 Å². The van der Waals surface area contributed by atoms with E-state index in [1.807, 2.05) is 11.8 Å². The van der Waals surface area contributed by atoms with Gasteiger partial charge in [-0.3, -0.25) is 14.5 Å². The zero-order valence-electron chi connectivity index (χ0n) is 16.0. The molecule has 1 N–H and O–H groups in total. The number of carbonyl (C=O) groups is 2. The standard InChI is InChI=1S/C20H35N3O2/c1-15(20(25)21-14-17-8-4-3-5-9-17)22-12-6-10-18(22)19-11-7-13-23(19)16(2)24/h15,17-19H,3-14H2,1-2H3,(H,21,25)/t15-,18+,19-/m1/s1. The average molecular weight is 350 g/mol. The van der Waals surface area contributed by atoms with Crippen LogP contribution in [0, 0.1) is 5.92 Å². The van der Waals surface area contributed by atoms with E-state index in [-0.39, 0.29) is 17.9 Å². The fraction of sp³-hybridized carbons (Fsp3) is 0.900. The molecule has 1 saturated carbocycles. The molecule has 3 rings (SSSR count). The third-order valence-corrected chi connectivity index (χ3v) is 6.66. The smallest absolute Gasteiger partial charge is 0.237 e. The highest BCUT2D eigenvalue weighted by atomic mass is 16.2. The molecule has 0 spiro atoms. The summed E-state index contributed by atoms with van der Waals surface area (Å²) in [5, 5.41) is 3.21. The summed E-state index contributed by atoms with van der Waals surface area (Å²) in [4.78, 5) is 29.0. The van der Waals surface area contributed by atoms with Crippen LogP contribution in [-0.4, -0.2) is 59.4 Å². The number of amides is 2. The van der Waals surface area contributed by atoms with Crippen molar-refractivity contribution in [1.82, 2.24) is 15.1 Å². The molecule has 3 fully saturated rings. The summed E-state index contributed by atoms with van der Waals surface area (Å²) < 4.78 is 0. The number of carbonyl (C=O) groups excluding carboxylic acids is 2. The molecule has 2 saturated heterocycles. The second-order valence-electron chi connectivity index (χ2n) is 8.29. The van der Waals surface area contributed by atoms with E-state index in [1.54, 1.807) is 6.92 Å². The topological polar surface area (TPSA) is 52.7 Å². The molecule has 142 valence electrons. The molecule has 0 bridgehead atoms. The lowest BCUT2D eigenvalue weighted by Crippen LogP contribution is -2.54. The number of hydrogen-bond donors (Lipinski definition) is 1. The Hall–Kier alpha value is -1.10. The van der Waals surface area contributed by atoms with E-state index in [9.17, 15) is 9.59 Å². The third kappa shape index (κ3) is 4.36. The van der Waals surface area contributed by atoms with Gasteiger partial charge in [0.2, 0.25) is 11.8 Å². The number of rotatable bonds is 5. The van der Waals surface area contributed by atoms with Crippen LogP contribution in [-0.2, 0) is 9.59 Å². The van der Waals surface area contributed by atoms with Crippen molar-refractivity contribution in [2.24, 2.45) is 5.92 Å². The monoisotopic (exact) mass is 349 g/mol. The van der Waals surface area contributed by atoms with Gasteiger partial charge in [-0.05, 0) is 57.9 Å². The predicted octanol–water partition coefficient (Wildman–Crippen LogP) is 2.55. The highest BCUT2D eigenvalue weighted by molar-refractivity contribution is 5.81. The van der Waals surface area contributed by atoms with Crippen LogP contribution in [0.4, 0.5) is 0 Å². The van der Waals surface area contributed by atoms with Gasteiger partial charge in [0.25, 0.3) is 0 Å². The largest absolute Gasteiger partial charge is 0.354 e. The quantitative estimate of drug-likeness (QED) is 0.830. The summed E-state index contributed by atoms with van der Waals surface area (Å²) in [6.07, 6.45) is 10.9. The van der Waals surface area contributed by atoms with E-state index in [1.165, 1.54) is 32.1 Å². The molecule has 5 nitrogen and oxygen atoms in total. The fourth-order valence-corrected chi connectivity index (χ4v) is 5.23. The van der Waals surface area contributed by atoms with E-state index in [4.69, 9.17) is 0 Å². The first-order valence-corrected chi connectivity index (χ1v) is 10.4. The highest BCUT2D eigenvalue weighted by Gasteiger charge is 2.41. The highest BCUT2D eigenvalue weighted by Crippen LogP contribution is 2.31. The van der Waals surface area contributed by atoms with Gasteiger partial charge in [0.15, 0.2) is 0 Å². The van der Waals surface area contributed by atoms with Gasteiger partial charge in [-0.2, -0.15) is 0 Å². The normalized spacial score (nSPS) is 29.8. The van der Waals surface area contributed by atoms with Gasteiger partial charge in [0.05, 0.1) is 6.04 Å². The van der Waals surface area contributed by atoms with Gasteiger partial charge >= 0.3 is 0 Å². The van der Waals surface area contributed by atoms with Gasteiger partial charge in [0.1, 0.15) is 0 Å². The molecule has 25 heavy (non-hydrogen) atoms. The number of nitrogens with one attached hydrogen (secondary N) is 1. The molecule has 0 aromatic rings. The molecule has 0 aromatic heterocycles. The Labute approximate surface area is 152 Å². The van der Waals surface area contributed by atoms with Crippen molar-refractivity contribution in [3.05, 3.63) is 0 Å². The molecular formula is C20H35N3O2. The predicted molar refractivity (Wildman–Crippen MR) is 99.2 cm³/mol. The van der Waals surface area contributed by atoms with Crippen molar-refractivity contribution in [3.8, 4) is 0 Å². The van der Waals surface area contributed by atoms with Gasteiger partial charge in [0, 0.05) is 32.1 Å². The molecule has 0 aromatic carbocycles. The van der Waals surface area contributed by atoms with E-state index in [0.717, 1.165) is 45.3 Å². The number of nitrogens with zero attached hydrogens (tertiary/aromatic N) is 2. The van der Waals surface area contributed by atoms with Crippen molar-refractivity contribution in [3.63, 3.8) is 0 Å². The molecule has 3 aliphatic rings. The van der Waals surface area contributed by atoms with Crippen LogP contribution in [0.1, 0.15) is 71.6 Å². The number of likely N-dealkylation sites (tertiary alicyclic amines) is 2. The summed E-state index contributed by atoms with van der Waals surface area (Å²) in [6.45, 7) is 6.42. The molecule has 2 heterocycles. The Balaban J connectivity index is 1.55. The van der Waals surface area contributed by atoms with Crippen LogP contribution in [0.3, 0.4) is 0 Å². The van der Waals surface area contributed by atoms with Crippen molar-refractivity contribution in [1.29, 1.82) is 0 Å². The lowest BCUT2D eigenvalue weighted by molar-refractivity contribution is -0.131. The van der Waals surface area contributed by atoms with E-state index >= 15 is 0 Å². The second-order valence-corrected chi connectivity index (χ2v) is 8.29. The SMILES string of the molecule is CC(=O)N1CCC[C@@H]1[C@@H]1CCCN1[C@H](C)C(=O)NCC1CCCCC1. The first-order valence-electron chi connectivity index (χ1n) is 10.4. The summed E-state index contributed by atoms with van der Waals surface area (Å²) in [5.41, 5.74) is 0. The molecule has 0 radical (unpaired) electrons. The minimum atomic E-state index is -0.0921. The van der Waals surface area contributed by atoms with Crippen LogP contribution < -0.4 is 5.32 Å². The lowest BCUT2D eigenvalue weighted by atomic mass is 9.89. The van der Waals surface area contributed by atoms with Crippen LogP contribution in [0.2, 0.25) is 0 Å². The molecule has 5 heteroatoms. The zero-order valence-corrected chi connectivity index (χ0v) is 16.0. The molecule has 2 aliphatic heterocycles. The van der Waals surface area contributed by atoms with Crippen molar-refractivity contribution in [2.45, 2.75) is 89.8 Å². The molecule has 0 unspecified atom stereocenters. The Morgan fingerprint density at radius 1 is 0.960 bits per heavy atom. The van der Waals surface area contributed by atoms with Gasteiger partial charge in [-0.1, -0.05) is 19.3 Å². The van der Waals surface area contributed by atoms with E-state index in [2.05, 4.69) is 10.2 Å². The first-order chi connectivity index (χ1) is 12.1. The maximum atomic E-state index is 12.7. The molecule has 2 amide bonds. The molecular weight excluding hydrogens is 314 g/mol. The third-order valence-electron chi connectivity index (χ3n) is 6.66. The van der Waals surface area contributed by atoms with Crippen LogP contribution in [0.25, 0.3) is 0 Å². The maximum Gasteiger partial charge on any atom is 0.237 e. The van der Waals surface area contributed by atoms with Crippen LogP contribution >= 0.6 is 0 Å². The summed E-state index contributed by atoms with van der Waals surface area (Å²) >= 11 is 0. The van der Waals surface area contributed by atoms with Gasteiger partial charge in [-0.25, -0.2) is 0 Å². The van der Waals surface area contributed by atoms with E-state index < -0.39 is 0 Å². The Bertz CT molecular complexity index is 476. The molecule has 3 atom stereocenters. The van der Waals surface area contributed by atoms with Crippen LogP contribution in [0.5, 0.6) is 0 Å². The Morgan fingerprint density at radius 3 is 2.36 bits per heavy atom. The Morgan fingerprint density at radius 2 is 1.64 bits per heavy atom. The van der Waals surface area contributed by atoms with Gasteiger partial charge in [-0.15, -0.1) is 0 Å². The molecule has 1 aliphatic carbocycles. The second kappa shape index (κ2) is 8.52. The van der Waals surface area contributed by atoms with Crippen molar-refractivity contribution < 1.29 is 9.59 Å². The minimum Gasteiger partial charge on any atom is -0.354 e. The van der Waals surface area contributed by atoms with Crippen molar-refractivity contribution in [2.75, 3.05) is 19.6 Å². The Kier molecular flexibility index (Phi) is 6.37. The summed E-state index contributed by atoms with van der Waals surface area (Å²) in [7, 11) is 0. The summed E-state index contributed by atoms with van der Waals surface area (Å²) in [6, 6.07) is 0.556. The fourth-order valence-electron chi connectivity index (χ4n) is 5.23. The van der Waals surface area contributed by atoms with E-state index in [0.29, 0.717) is 18.0 Å².